The van der Waals surface area contributed by atoms with E-state index in [2.05, 4.69) is 5.32 Å². The van der Waals surface area contributed by atoms with Crippen molar-refractivity contribution in [2.75, 3.05) is 33.4 Å². The Morgan fingerprint density at radius 1 is 1.44 bits per heavy atom. The maximum Gasteiger partial charge on any atom is 0.410 e. The summed E-state index contributed by atoms with van der Waals surface area (Å²) < 4.78 is 10.3. The molecule has 0 spiro atoms. The lowest BCUT2D eigenvalue weighted by Crippen LogP contribution is -2.38. The molecular formula is C13H26N2O3. The Hall–Kier alpha value is -0.810. The summed E-state index contributed by atoms with van der Waals surface area (Å²) in [5, 5.41) is 3.43. The highest BCUT2D eigenvalue weighted by molar-refractivity contribution is 5.68. The van der Waals surface area contributed by atoms with Gasteiger partial charge in [0.05, 0.1) is 0 Å². The van der Waals surface area contributed by atoms with Gasteiger partial charge in [0.1, 0.15) is 5.60 Å². The molecule has 0 aromatic heterocycles. The Balaban J connectivity index is 2.22. The number of ether oxygens (including phenoxy) is 2. The molecule has 5 nitrogen and oxygen atoms in total. The summed E-state index contributed by atoms with van der Waals surface area (Å²) in [6.45, 7) is 8.89. The summed E-state index contributed by atoms with van der Waals surface area (Å²) in [4.78, 5) is 13.6. The van der Waals surface area contributed by atoms with Gasteiger partial charge in [-0.2, -0.15) is 0 Å². The number of methoxy groups -OCH3 is 1. The van der Waals surface area contributed by atoms with Crippen molar-refractivity contribution >= 4 is 6.09 Å². The van der Waals surface area contributed by atoms with Crippen LogP contribution in [-0.2, 0) is 9.47 Å². The van der Waals surface area contributed by atoms with Crippen LogP contribution >= 0.6 is 0 Å². The molecule has 1 atom stereocenters. The molecule has 0 saturated carbocycles. The lowest BCUT2D eigenvalue weighted by atomic mass is 10.2. The molecule has 1 aliphatic rings. The van der Waals surface area contributed by atoms with Crippen LogP contribution in [0.15, 0.2) is 0 Å². The van der Waals surface area contributed by atoms with Gasteiger partial charge in [-0.3, -0.25) is 0 Å². The van der Waals surface area contributed by atoms with Gasteiger partial charge in [-0.05, 0) is 40.2 Å². The van der Waals surface area contributed by atoms with E-state index in [4.69, 9.17) is 9.47 Å². The predicted molar refractivity (Wildman–Crippen MR) is 70.7 cm³/mol. The first-order valence-corrected chi connectivity index (χ1v) is 6.62. The maximum absolute atomic E-state index is 11.8. The average molecular weight is 258 g/mol. The van der Waals surface area contributed by atoms with E-state index in [1.54, 1.807) is 12.0 Å². The molecule has 1 aliphatic heterocycles. The molecule has 5 heteroatoms. The van der Waals surface area contributed by atoms with Crippen LogP contribution < -0.4 is 5.32 Å². The second kappa shape index (κ2) is 6.95. The Morgan fingerprint density at radius 3 is 2.78 bits per heavy atom. The van der Waals surface area contributed by atoms with E-state index in [-0.39, 0.29) is 6.09 Å². The SMILES string of the molecule is COCCCNC1CCN(C(=O)OC(C)(C)C)C1. The number of nitrogens with zero attached hydrogens (tertiary/aromatic N) is 1. The molecule has 18 heavy (non-hydrogen) atoms. The minimum Gasteiger partial charge on any atom is -0.444 e. The normalized spacial score (nSPS) is 20.2. The van der Waals surface area contributed by atoms with E-state index >= 15 is 0 Å². The van der Waals surface area contributed by atoms with E-state index in [9.17, 15) is 4.79 Å². The van der Waals surface area contributed by atoms with Gasteiger partial charge in [0.15, 0.2) is 0 Å². The fourth-order valence-corrected chi connectivity index (χ4v) is 1.94. The molecular weight excluding hydrogens is 232 g/mol. The molecule has 0 aliphatic carbocycles. The van der Waals surface area contributed by atoms with E-state index in [0.29, 0.717) is 6.04 Å². The number of rotatable bonds is 5. The third-order valence-corrected chi connectivity index (χ3v) is 2.80. The molecule has 1 heterocycles. The number of amides is 1. The molecule has 0 aromatic carbocycles. The summed E-state index contributed by atoms with van der Waals surface area (Å²) in [5.74, 6) is 0. The first kappa shape index (κ1) is 15.2. The first-order chi connectivity index (χ1) is 8.42. The summed E-state index contributed by atoms with van der Waals surface area (Å²) in [6.07, 6.45) is 1.79. The van der Waals surface area contributed by atoms with Gasteiger partial charge >= 0.3 is 6.09 Å². The van der Waals surface area contributed by atoms with Crippen molar-refractivity contribution < 1.29 is 14.3 Å². The fourth-order valence-electron chi connectivity index (χ4n) is 1.94. The zero-order valence-corrected chi connectivity index (χ0v) is 12.0. The number of carbonyl (C=O) groups is 1. The minimum absolute atomic E-state index is 0.205. The van der Waals surface area contributed by atoms with Gasteiger partial charge in [0.2, 0.25) is 0 Å². The highest BCUT2D eigenvalue weighted by Gasteiger charge is 2.29. The van der Waals surface area contributed by atoms with Crippen molar-refractivity contribution in [1.82, 2.24) is 10.2 Å². The van der Waals surface area contributed by atoms with Crippen LogP contribution in [-0.4, -0.2) is 56.0 Å². The minimum atomic E-state index is -0.416. The van der Waals surface area contributed by atoms with Gasteiger partial charge in [-0.1, -0.05) is 0 Å². The number of likely N-dealkylation sites (tertiary alicyclic amines) is 1. The summed E-state index contributed by atoms with van der Waals surface area (Å²) in [6, 6.07) is 0.384. The third kappa shape index (κ3) is 5.69. The highest BCUT2D eigenvalue weighted by atomic mass is 16.6. The van der Waals surface area contributed by atoms with Crippen LogP contribution in [0.2, 0.25) is 0 Å². The van der Waals surface area contributed by atoms with Gasteiger partial charge in [-0.15, -0.1) is 0 Å². The van der Waals surface area contributed by atoms with Gasteiger partial charge in [-0.25, -0.2) is 4.79 Å². The van der Waals surface area contributed by atoms with Crippen LogP contribution in [0.3, 0.4) is 0 Å². The van der Waals surface area contributed by atoms with Crippen LogP contribution in [0, 0.1) is 0 Å². The number of carbonyl (C=O) groups excluding carboxylic acids is 1. The Bertz CT molecular complexity index is 263. The second-order valence-electron chi connectivity index (χ2n) is 5.71. The predicted octanol–water partition coefficient (Wildman–Crippen LogP) is 1.62. The van der Waals surface area contributed by atoms with Gasteiger partial charge in [0.25, 0.3) is 0 Å². The molecule has 0 aromatic rings. The Morgan fingerprint density at radius 2 is 2.17 bits per heavy atom. The molecule has 1 unspecified atom stereocenters. The van der Waals surface area contributed by atoms with Crippen molar-refractivity contribution in [3.63, 3.8) is 0 Å². The lowest BCUT2D eigenvalue weighted by molar-refractivity contribution is 0.0291. The monoisotopic (exact) mass is 258 g/mol. The van der Waals surface area contributed by atoms with Crippen molar-refractivity contribution in [2.45, 2.75) is 45.3 Å². The van der Waals surface area contributed by atoms with Crippen LogP contribution in [0.5, 0.6) is 0 Å². The first-order valence-electron chi connectivity index (χ1n) is 6.62. The Kier molecular flexibility index (Phi) is 5.88. The highest BCUT2D eigenvalue weighted by Crippen LogP contribution is 2.15. The zero-order valence-electron chi connectivity index (χ0n) is 12.0. The lowest BCUT2D eigenvalue weighted by Gasteiger charge is -2.24. The average Bonchev–Trinajstić information content (AvgIpc) is 2.71. The molecule has 1 fully saturated rings. The van der Waals surface area contributed by atoms with Crippen LogP contribution in [0.1, 0.15) is 33.6 Å². The van der Waals surface area contributed by atoms with E-state index < -0.39 is 5.60 Å². The van der Waals surface area contributed by atoms with E-state index in [0.717, 1.165) is 39.1 Å². The zero-order chi connectivity index (χ0) is 13.6. The number of hydrogen-bond donors (Lipinski definition) is 1. The number of nitrogens with one attached hydrogen (secondary N) is 1. The molecule has 1 N–H and O–H groups in total. The van der Waals surface area contributed by atoms with E-state index in [1.165, 1.54) is 0 Å². The summed E-state index contributed by atoms with van der Waals surface area (Å²) >= 11 is 0. The topological polar surface area (TPSA) is 50.8 Å². The molecule has 1 rings (SSSR count). The van der Waals surface area contributed by atoms with Crippen molar-refractivity contribution in [2.24, 2.45) is 0 Å². The molecule has 1 saturated heterocycles. The van der Waals surface area contributed by atoms with Gasteiger partial charge < -0.3 is 19.7 Å². The Labute approximate surface area is 110 Å². The van der Waals surface area contributed by atoms with Crippen LogP contribution in [0.4, 0.5) is 4.79 Å². The third-order valence-electron chi connectivity index (χ3n) is 2.80. The van der Waals surface area contributed by atoms with Crippen molar-refractivity contribution in [1.29, 1.82) is 0 Å². The quantitative estimate of drug-likeness (QED) is 0.761. The largest absolute Gasteiger partial charge is 0.444 e. The smallest absolute Gasteiger partial charge is 0.410 e. The number of hydrogen-bond acceptors (Lipinski definition) is 4. The van der Waals surface area contributed by atoms with Crippen molar-refractivity contribution in [3.05, 3.63) is 0 Å². The standard InChI is InChI=1S/C13H26N2O3/c1-13(2,3)18-12(16)15-8-6-11(10-15)14-7-5-9-17-4/h11,14H,5-10H2,1-4H3. The maximum atomic E-state index is 11.8. The van der Waals surface area contributed by atoms with Crippen molar-refractivity contribution in [3.8, 4) is 0 Å². The van der Waals surface area contributed by atoms with Gasteiger partial charge in [0, 0.05) is 32.8 Å². The summed E-state index contributed by atoms with van der Waals surface area (Å²) in [5.41, 5.74) is -0.416. The molecule has 0 bridgehead atoms. The second-order valence-corrected chi connectivity index (χ2v) is 5.71. The van der Waals surface area contributed by atoms with Crippen LogP contribution in [0.25, 0.3) is 0 Å². The summed E-state index contributed by atoms with van der Waals surface area (Å²) in [7, 11) is 1.71. The molecule has 1 amide bonds. The molecule has 106 valence electrons. The molecule has 0 radical (unpaired) electrons. The fraction of sp³-hybridized carbons (Fsp3) is 0.923. The van der Waals surface area contributed by atoms with E-state index in [1.807, 2.05) is 20.8 Å².